The molecule has 0 N–H and O–H groups in total. The number of aromatic nitrogens is 1. The van der Waals surface area contributed by atoms with Gasteiger partial charge in [-0.15, -0.1) is 5.12 Å². The first-order valence-corrected chi connectivity index (χ1v) is 4.01. The van der Waals surface area contributed by atoms with Gasteiger partial charge < -0.3 is 0 Å². The van der Waals surface area contributed by atoms with E-state index in [0.29, 0.717) is 0 Å². The minimum Gasteiger partial charge on any atom is -0.258 e. The third-order valence-corrected chi connectivity index (χ3v) is 1.75. The van der Waals surface area contributed by atoms with Crippen molar-refractivity contribution in [2.75, 3.05) is 5.12 Å². The van der Waals surface area contributed by atoms with Crippen molar-refractivity contribution < 1.29 is 4.92 Å². The Balaban J connectivity index is 3.18. The maximum Gasteiger partial charge on any atom is 0.289 e. The molecule has 0 unspecified atom stereocenters. The fourth-order valence-electron chi connectivity index (χ4n) is 0.846. The van der Waals surface area contributed by atoms with Crippen molar-refractivity contribution in [1.82, 2.24) is 4.98 Å². The highest BCUT2D eigenvalue weighted by Gasteiger charge is 2.14. The average Bonchev–Trinajstić information content (AvgIpc) is 2.21. The summed E-state index contributed by atoms with van der Waals surface area (Å²) >= 11 is 5.74. The van der Waals surface area contributed by atoms with Crippen LogP contribution in [0.1, 0.15) is 0 Å². The standard InChI is InChI=1S/C7H6ClN5O2/c1-9-12(10-2)7-6(8)3-5(4-11-7)13(14)15/h3-4H,1-2H2. The molecule has 0 atom stereocenters. The topological polar surface area (TPSA) is 84.0 Å². The van der Waals surface area contributed by atoms with Gasteiger partial charge in [0.2, 0.25) is 0 Å². The Bertz CT molecular complexity index is 414. The summed E-state index contributed by atoms with van der Waals surface area (Å²) < 4.78 is 0. The predicted molar refractivity (Wildman–Crippen MR) is 57.5 cm³/mol. The molecule has 0 saturated carbocycles. The van der Waals surface area contributed by atoms with Crippen LogP contribution in [0.15, 0.2) is 22.5 Å². The van der Waals surface area contributed by atoms with Gasteiger partial charge in [-0.3, -0.25) is 10.1 Å². The zero-order valence-corrected chi connectivity index (χ0v) is 8.26. The predicted octanol–water partition coefficient (Wildman–Crippen LogP) is 1.68. The lowest BCUT2D eigenvalue weighted by Gasteiger charge is -2.10. The molecule has 1 aromatic heterocycles. The molecule has 78 valence electrons. The Morgan fingerprint density at radius 3 is 2.53 bits per heavy atom. The van der Waals surface area contributed by atoms with Gasteiger partial charge in [-0.25, -0.2) is 4.98 Å². The Morgan fingerprint density at radius 2 is 2.13 bits per heavy atom. The zero-order valence-electron chi connectivity index (χ0n) is 7.50. The number of hydrazone groups is 2. The molecule has 0 aliphatic heterocycles. The number of anilines is 1. The Hall–Kier alpha value is -2.02. The normalized spacial score (nSPS) is 9.40. The summed E-state index contributed by atoms with van der Waals surface area (Å²) in [5.41, 5.74) is -0.211. The van der Waals surface area contributed by atoms with Crippen molar-refractivity contribution in [3.05, 3.63) is 27.4 Å². The van der Waals surface area contributed by atoms with Crippen molar-refractivity contribution in [1.29, 1.82) is 0 Å². The van der Waals surface area contributed by atoms with Gasteiger partial charge in [-0.1, -0.05) is 11.6 Å². The average molecular weight is 228 g/mol. The summed E-state index contributed by atoms with van der Waals surface area (Å²) in [7, 11) is 0. The highest BCUT2D eigenvalue weighted by molar-refractivity contribution is 6.33. The number of halogens is 1. The highest BCUT2D eigenvalue weighted by Crippen LogP contribution is 2.26. The van der Waals surface area contributed by atoms with Crippen LogP contribution >= 0.6 is 11.6 Å². The van der Waals surface area contributed by atoms with Crippen molar-refractivity contribution in [2.45, 2.75) is 0 Å². The van der Waals surface area contributed by atoms with Crippen LogP contribution < -0.4 is 5.12 Å². The lowest BCUT2D eigenvalue weighted by atomic mass is 10.4. The molecule has 0 spiro atoms. The molecular weight excluding hydrogens is 222 g/mol. The molecule has 0 aromatic carbocycles. The van der Waals surface area contributed by atoms with Gasteiger partial charge in [-0.05, 0) is 0 Å². The first kappa shape index (κ1) is 11.1. The van der Waals surface area contributed by atoms with Crippen molar-refractivity contribution in [3.8, 4) is 0 Å². The van der Waals surface area contributed by atoms with Crippen LogP contribution in [-0.4, -0.2) is 23.3 Å². The third kappa shape index (κ3) is 2.26. The molecule has 15 heavy (non-hydrogen) atoms. The second-order valence-electron chi connectivity index (χ2n) is 2.33. The molecule has 0 fully saturated rings. The van der Waals surface area contributed by atoms with Gasteiger partial charge in [0.25, 0.3) is 5.69 Å². The summed E-state index contributed by atoms with van der Waals surface area (Å²) in [6, 6.07) is 1.15. The maximum atomic E-state index is 10.4. The van der Waals surface area contributed by atoms with Gasteiger partial charge in [-0.2, -0.15) is 10.2 Å². The minimum absolute atomic E-state index is 0.0454. The molecular formula is C7H6ClN5O2. The van der Waals surface area contributed by atoms with E-state index >= 15 is 0 Å². The highest BCUT2D eigenvalue weighted by atomic mass is 35.5. The monoisotopic (exact) mass is 227 g/mol. The van der Waals surface area contributed by atoms with E-state index in [2.05, 4.69) is 28.6 Å². The first-order valence-electron chi connectivity index (χ1n) is 3.63. The summed E-state index contributed by atoms with van der Waals surface area (Å²) in [5.74, 6) is 0.132. The largest absolute Gasteiger partial charge is 0.289 e. The van der Waals surface area contributed by atoms with Crippen molar-refractivity contribution in [2.24, 2.45) is 10.2 Å². The van der Waals surface area contributed by atoms with Crippen LogP contribution in [0.4, 0.5) is 11.5 Å². The molecule has 0 aliphatic rings. The minimum atomic E-state index is -0.602. The van der Waals surface area contributed by atoms with Crippen LogP contribution in [0, 0.1) is 10.1 Å². The van der Waals surface area contributed by atoms with Gasteiger partial charge in [0.05, 0.1) is 9.95 Å². The number of rotatable bonds is 4. The number of hydrogen-bond donors (Lipinski definition) is 0. The van der Waals surface area contributed by atoms with E-state index in [9.17, 15) is 10.1 Å². The Labute approximate surface area is 89.8 Å². The van der Waals surface area contributed by atoms with Crippen LogP contribution in [0.25, 0.3) is 0 Å². The van der Waals surface area contributed by atoms with E-state index in [1.54, 1.807) is 0 Å². The quantitative estimate of drug-likeness (QED) is 0.445. The van der Waals surface area contributed by atoms with Gasteiger partial charge >= 0.3 is 0 Å². The maximum absolute atomic E-state index is 10.4. The van der Waals surface area contributed by atoms with E-state index < -0.39 is 4.92 Å². The summed E-state index contributed by atoms with van der Waals surface area (Å²) in [6.07, 6.45) is 1.05. The lowest BCUT2D eigenvalue weighted by molar-refractivity contribution is -0.385. The number of hydrogen-bond acceptors (Lipinski definition) is 6. The zero-order chi connectivity index (χ0) is 11.4. The van der Waals surface area contributed by atoms with E-state index in [0.717, 1.165) is 17.4 Å². The van der Waals surface area contributed by atoms with Crippen LogP contribution in [0.2, 0.25) is 5.02 Å². The first-order chi connectivity index (χ1) is 7.10. The lowest BCUT2D eigenvalue weighted by Crippen LogP contribution is -2.08. The fourth-order valence-corrected chi connectivity index (χ4v) is 1.08. The van der Waals surface area contributed by atoms with Crippen molar-refractivity contribution in [3.63, 3.8) is 0 Å². The molecule has 0 aliphatic carbocycles. The number of nitrogens with zero attached hydrogens (tertiary/aromatic N) is 5. The number of nitro groups is 1. The molecule has 1 aromatic rings. The van der Waals surface area contributed by atoms with Crippen LogP contribution in [0.3, 0.4) is 0 Å². The second kappa shape index (κ2) is 4.47. The molecule has 8 heteroatoms. The van der Waals surface area contributed by atoms with Gasteiger partial charge in [0.15, 0.2) is 5.82 Å². The summed E-state index contributed by atoms with van der Waals surface area (Å²) in [5, 5.41) is 18.3. The molecule has 0 bridgehead atoms. The third-order valence-electron chi connectivity index (χ3n) is 1.48. The molecule has 7 nitrogen and oxygen atoms in total. The van der Waals surface area contributed by atoms with Crippen LogP contribution in [-0.2, 0) is 0 Å². The van der Waals surface area contributed by atoms with E-state index in [1.165, 1.54) is 0 Å². The second-order valence-corrected chi connectivity index (χ2v) is 2.74. The number of pyridine rings is 1. The van der Waals surface area contributed by atoms with Gasteiger partial charge in [0.1, 0.15) is 6.20 Å². The SMILES string of the molecule is C=NN(N=C)c1ncc([N+](=O)[O-])cc1Cl. The van der Waals surface area contributed by atoms with E-state index in [4.69, 9.17) is 11.6 Å². The Kier molecular flexibility index (Phi) is 3.29. The van der Waals surface area contributed by atoms with E-state index in [-0.39, 0.29) is 16.5 Å². The molecule has 1 heterocycles. The van der Waals surface area contributed by atoms with E-state index in [1.807, 2.05) is 0 Å². The summed E-state index contributed by atoms with van der Waals surface area (Å²) in [6.45, 7) is 6.43. The molecule has 1 rings (SSSR count). The molecule has 0 amide bonds. The van der Waals surface area contributed by atoms with Gasteiger partial charge in [0, 0.05) is 19.5 Å². The van der Waals surface area contributed by atoms with Crippen LogP contribution in [0.5, 0.6) is 0 Å². The summed E-state index contributed by atoms with van der Waals surface area (Å²) in [4.78, 5) is 13.5. The molecule has 0 saturated heterocycles. The molecule has 0 radical (unpaired) electrons. The smallest absolute Gasteiger partial charge is 0.258 e. The van der Waals surface area contributed by atoms with Crippen molar-refractivity contribution >= 4 is 36.5 Å². The Morgan fingerprint density at radius 1 is 1.53 bits per heavy atom. The fraction of sp³-hybridized carbons (Fsp3) is 0.